The summed E-state index contributed by atoms with van der Waals surface area (Å²) in [7, 11) is -10.4. The molecule has 2 unspecified atom stereocenters. The third kappa shape index (κ3) is 5.52. The maximum absolute atomic E-state index is 10.6. The van der Waals surface area contributed by atoms with Gasteiger partial charge in [0.1, 0.15) is 20.2 Å². The molecule has 14 nitrogen and oxygen atoms in total. The minimum Gasteiger partial charge on any atom is -0.745 e. The van der Waals surface area contributed by atoms with E-state index in [4.69, 9.17) is 10.2 Å². The molecule has 18 heteroatoms. The van der Waals surface area contributed by atoms with Crippen molar-refractivity contribution in [1.82, 2.24) is 10.6 Å². The first-order valence-corrected chi connectivity index (χ1v) is 8.40. The third-order valence-electron chi connectivity index (χ3n) is 2.84. The van der Waals surface area contributed by atoms with Crippen LogP contribution in [0.3, 0.4) is 0 Å². The van der Waals surface area contributed by atoms with Crippen LogP contribution in [0.1, 0.15) is 12.8 Å². The number of nitrogens with one attached hydrogen (secondary N) is 2. The molecule has 0 aromatic rings. The Balaban J connectivity index is 0. The molecule has 2 saturated heterocycles. The van der Waals surface area contributed by atoms with Gasteiger partial charge in [0.15, 0.2) is 0 Å². The smallest absolute Gasteiger partial charge is 0.745 e. The topological polar surface area (TPSA) is 247 Å². The summed E-state index contributed by atoms with van der Waals surface area (Å²) >= 11 is 0. The summed E-state index contributed by atoms with van der Waals surface area (Å²) in [6.07, 6.45) is -2.06. The van der Waals surface area contributed by atoms with E-state index in [-0.39, 0.29) is 59.1 Å². The number of aliphatic hydroxyl groups is 2. The number of carbonyl (C=O) groups is 4. The minimum absolute atomic E-state index is 0. The first kappa shape index (κ1) is 28.2. The van der Waals surface area contributed by atoms with Crippen LogP contribution in [-0.2, 0) is 39.4 Å². The van der Waals surface area contributed by atoms with Gasteiger partial charge >= 0.3 is 59.1 Å². The number of amides is 4. The second-order valence-corrected chi connectivity index (χ2v) is 7.75. The molecule has 2 aliphatic heterocycles. The largest absolute Gasteiger partial charge is 1.00 e. The Bertz CT molecular complexity index is 769. The summed E-state index contributed by atoms with van der Waals surface area (Å²) < 4.78 is 61.8. The first-order valence-electron chi connectivity index (χ1n) is 5.59. The van der Waals surface area contributed by atoms with Gasteiger partial charge in [-0.3, -0.25) is 29.8 Å². The van der Waals surface area contributed by atoms with Crippen molar-refractivity contribution in [3.05, 3.63) is 0 Å². The Hall–Kier alpha value is 0.0200. The number of hydrogen-bond donors (Lipinski definition) is 4. The van der Waals surface area contributed by atoms with Crippen LogP contribution in [0.5, 0.6) is 0 Å². The van der Waals surface area contributed by atoms with Crippen LogP contribution < -0.4 is 69.7 Å². The molecular weight excluding hydrogens is 426 g/mol. The Kier molecular flexibility index (Phi) is 9.79. The van der Waals surface area contributed by atoms with Gasteiger partial charge in [0.2, 0.25) is 21.7 Å². The summed E-state index contributed by atoms with van der Waals surface area (Å²) in [4.78, 5) is 35.8. The fraction of sp³-hybridized carbons (Fsp3) is 0.500. The Labute approximate surface area is 190 Å². The van der Waals surface area contributed by atoms with E-state index in [1.807, 2.05) is 0 Å². The molecule has 0 aromatic heterocycles. The van der Waals surface area contributed by atoms with Crippen LogP contribution in [0.4, 0.5) is 0 Å². The Morgan fingerprint density at radius 1 is 0.731 bits per heavy atom. The van der Waals surface area contributed by atoms with Crippen LogP contribution in [0.15, 0.2) is 0 Å². The molecule has 0 radical (unpaired) electrons. The van der Waals surface area contributed by atoms with Crippen LogP contribution in [-0.4, -0.2) is 69.6 Å². The van der Waals surface area contributed by atoms with Gasteiger partial charge in [-0.05, 0) is 0 Å². The molecule has 0 aliphatic carbocycles. The van der Waals surface area contributed by atoms with Crippen LogP contribution >= 0.6 is 0 Å². The number of imide groups is 2. The minimum atomic E-state index is -5.21. The second kappa shape index (κ2) is 9.01. The quantitative estimate of drug-likeness (QED) is 0.180. The van der Waals surface area contributed by atoms with E-state index in [1.165, 1.54) is 10.6 Å². The number of rotatable bonds is 2. The van der Waals surface area contributed by atoms with Crippen molar-refractivity contribution in [2.24, 2.45) is 0 Å². The first-order chi connectivity index (χ1) is 10.5. The average molecular weight is 434 g/mol. The molecule has 2 rings (SSSR count). The van der Waals surface area contributed by atoms with Gasteiger partial charge in [-0.15, -0.1) is 0 Å². The summed E-state index contributed by atoms with van der Waals surface area (Å²) in [6, 6.07) is 0. The van der Waals surface area contributed by atoms with Crippen molar-refractivity contribution in [3.63, 3.8) is 0 Å². The van der Waals surface area contributed by atoms with Gasteiger partial charge in [0, 0.05) is 0 Å². The predicted octanol–water partition coefficient (Wildman–Crippen LogP) is -11.5. The van der Waals surface area contributed by atoms with E-state index in [9.17, 15) is 45.1 Å². The molecule has 0 saturated carbocycles. The zero-order chi connectivity index (χ0) is 19.1. The van der Waals surface area contributed by atoms with Gasteiger partial charge in [0.05, 0.1) is 12.8 Å². The molecule has 2 aliphatic rings. The molecule has 26 heavy (non-hydrogen) atoms. The maximum Gasteiger partial charge on any atom is 1.00 e. The average Bonchev–Trinajstić information content (AvgIpc) is 2.76. The number of hydrogen-bond acceptors (Lipinski definition) is 12. The monoisotopic (exact) mass is 434 g/mol. The van der Waals surface area contributed by atoms with Crippen molar-refractivity contribution < 1.29 is 114 Å². The molecule has 0 spiro atoms. The van der Waals surface area contributed by atoms with Gasteiger partial charge in [-0.25, -0.2) is 16.8 Å². The molecular formula is C8H8N2Na2O12S2. The van der Waals surface area contributed by atoms with Gasteiger partial charge in [-0.1, -0.05) is 0 Å². The second-order valence-electron chi connectivity index (χ2n) is 4.59. The molecule has 0 aromatic carbocycles. The van der Waals surface area contributed by atoms with Crippen LogP contribution in [0.25, 0.3) is 0 Å². The van der Waals surface area contributed by atoms with E-state index >= 15 is 0 Å². The molecule has 2 atom stereocenters. The molecule has 4 amide bonds. The number of carbonyl (C=O) groups excluding carboxylic acids is 4. The zero-order valence-corrected chi connectivity index (χ0v) is 18.8. The Morgan fingerprint density at radius 2 is 0.962 bits per heavy atom. The van der Waals surface area contributed by atoms with Gasteiger partial charge in [0.25, 0.3) is 11.8 Å². The standard InChI is InChI=1S/2C4H5NO6S.2Na/c2*6-2-1-4(8,3(7)5-2)12(9,10)11;;/h2*8H,1H2,(H,5,6,7)(H,9,10,11);;/q;;2*+1/p-2. The van der Waals surface area contributed by atoms with Crippen molar-refractivity contribution >= 4 is 43.9 Å². The molecule has 4 N–H and O–H groups in total. The van der Waals surface area contributed by atoms with Crippen LogP contribution in [0, 0.1) is 0 Å². The van der Waals surface area contributed by atoms with Crippen molar-refractivity contribution in [2.45, 2.75) is 22.7 Å². The summed E-state index contributed by atoms with van der Waals surface area (Å²) in [5, 5.41) is 20.9. The van der Waals surface area contributed by atoms with E-state index in [2.05, 4.69) is 0 Å². The fourth-order valence-electron chi connectivity index (χ4n) is 1.54. The van der Waals surface area contributed by atoms with Crippen molar-refractivity contribution in [2.75, 3.05) is 0 Å². The van der Waals surface area contributed by atoms with E-state index < -0.39 is 66.6 Å². The van der Waals surface area contributed by atoms with E-state index in [1.54, 1.807) is 0 Å². The summed E-state index contributed by atoms with van der Waals surface area (Å²) in [5.74, 6) is -4.94. The molecule has 0 bridgehead atoms. The normalized spacial score (nSPS) is 28.2. The molecule has 2 heterocycles. The fourth-order valence-corrected chi connectivity index (χ4v) is 2.71. The van der Waals surface area contributed by atoms with Crippen molar-refractivity contribution in [3.8, 4) is 0 Å². The molecule has 136 valence electrons. The summed E-state index contributed by atoms with van der Waals surface area (Å²) in [5.41, 5.74) is 0. The van der Waals surface area contributed by atoms with Gasteiger partial charge in [-0.2, -0.15) is 0 Å². The summed E-state index contributed by atoms with van der Waals surface area (Å²) in [6.45, 7) is 0. The van der Waals surface area contributed by atoms with Crippen LogP contribution in [0.2, 0.25) is 0 Å². The van der Waals surface area contributed by atoms with Crippen molar-refractivity contribution in [1.29, 1.82) is 0 Å². The zero-order valence-electron chi connectivity index (χ0n) is 13.2. The van der Waals surface area contributed by atoms with E-state index in [0.29, 0.717) is 0 Å². The third-order valence-corrected chi connectivity index (χ3v) is 5.16. The maximum atomic E-state index is 10.6. The van der Waals surface area contributed by atoms with Gasteiger partial charge < -0.3 is 19.3 Å². The van der Waals surface area contributed by atoms with E-state index in [0.717, 1.165) is 0 Å². The Morgan fingerprint density at radius 3 is 1.04 bits per heavy atom. The predicted molar refractivity (Wildman–Crippen MR) is 64.8 cm³/mol. The molecule has 2 fully saturated rings. The SMILES string of the molecule is O=C1CC(O)(S(=O)(=O)[O-])C(=O)N1.O=C1CC(O)(S(=O)(=O)[O-])C(=O)N1.[Na+].[Na+].